The third-order valence-corrected chi connectivity index (χ3v) is 3.55. The maximum absolute atomic E-state index is 12.4. The second kappa shape index (κ2) is 6.83. The molecular formula is C19H17NO3. The molecule has 0 saturated carbocycles. The first kappa shape index (κ1) is 14.9. The van der Waals surface area contributed by atoms with Gasteiger partial charge in [0.05, 0.1) is 12.2 Å². The minimum Gasteiger partial charge on any atom is -0.508 e. The summed E-state index contributed by atoms with van der Waals surface area (Å²) in [6.45, 7) is 0.494. The van der Waals surface area contributed by atoms with Crippen molar-refractivity contribution in [3.63, 3.8) is 0 Å². The first-order valence-corrected chi connectivity index (χ1v) is 7.38. The Morgan fingerprint density at radius 1 is 1.04 bits per heavy atom. The van der Waals surface area contributed by atoms with Crippen LogP contribution in [0, 0.1) is 0 Å². The molecule has 1 heterocycles. The van der Waals surface area contributed by atoms with Crippen molar-refractivity contribution >= 4 is 11.8 Å². The Morgan fingerprint density at radius 3 is 2.39 bits per heavy atom. The predicted octanol–water partition coefficient (Wildman–Crippen LogP) is 4.12. The van der Waals surface area contributed by atoms with Gasteiger partial charge in [0.1, 0.15) is 12.4 Å². The van der Waals surface area contributed by atoms with Gasteiger partial charge in [-0.15, -0.1) is 0 Å². The van der Waals surface area contributed by atoms with Crippen LogP contribution in [0.4, 0.5) is 4.79 Å². The van der Waals surface area contributed by atoms with E-state index in [-0.39, 0.29) is 18.9 Å². The van der Waals surface area contributed by atoms with E-state index >= 15 is 0 Å². The highest BCUT2D eigenvalue weighted by molar-refractivity contribution is 5.84. The second-order valence-corrected chi connectivity index (χ2v) is 5.18. The molecule has 0 saturated heterocycles. The third-order valence-electron chi connectivity index (χ3n) is 3.55. The van der Waals surface area contributed by atoms with Crippen molar-refractivity contribution in [1.82, 2.24) is 4.90 Å². The van der Waals surface area contributed by atoms with Gasteiger partial charge in [0, 0.05) is 6.08 Å². The summed E-state index contributed by atoms with van der Waals surface area (Å²) in [5.74, 6) is 0.149. The largest absolute Gasteiger partial charge is 0.508 e. The Kier molecular flexibility index (Phi) is 4.43. The molecule has 2 aromatic rings. The number of benzene rings is 2. The molecule has 0 unspecified atom stereocenters. The van der Waals surface area contributed by atoms with E-state index in [1.165, 1.54) is 4.90 Å². The summed E-state index contributed by atoms with van der Waals surface area (Å²) in [6, 6.07) is 19.0. The van der Waals surface area contributed by atoms with Gasteiger partial charge < -0.3 is 9.84 Å². The van der Waals surface area contributed by atoms with Crippen molar-refractivity contribution in [2.45, 2.75) is 6.61 Å². The van der Waals surface area contributed by atoms with Crippen molar-refractivity contribution in [3.8, 4) is 0 Å². The zero-order valence-electron chi connectivity index (χ0n) is 12.6. The molecule has 3 rings (SSSR count). The molecule has 0 radical (unpaired) electrons. The zero-order valence-corrected chi connectivity index (χ0v) is 12.6. The van der Waals surface area contributed by atoms with Crippen molar-refractivity contribution in [3.05, 3.63) is 89.7 Å². The normalized spacial score (nSPS) is 14.0. The number of amides is 1. The van der Waals surface area contributed by atoms with Gasteiger partial charge in [-0.3, -0.25) is 4.90 Å². The molecule has 0 atom stereocenters. The topological polar surface area (TPSA) is 49.8 Å². The van der Waals surface area contributed by atoms with Crippen LogP contribution in [-0.4, -0.2) is 22.6 Å². The molecule has 0 aromatic heterocycles. The Hall–Kier alpha value is -3.01. The molecule has 1 aliphatic heterocycles. The molecule has 0 bridgehead atoms. The molecule has 1 amide bonds. The standard InChI is InChI=1S/C19H17NO3/c21-17-11-12-20(18(13-17)16-9-5-2-6-10-16)19(22)23-14-15-7-3-1-4-8-15/h1-11,13,21H,12,14H2. The lowest BCUT2D eigenvalue weighted by molar-refractivity contribution is 0.115. The van der Waals surface area contributed by atoms with Gasteiger partial charge in [-0.05, 0) is 17.2 Å². The van der Waals surface area contributed by atoms with Crippen molar-refractivity contribution in [1.29, 1.82) is 0 Å². The summed E-state index contributed by atoms with van der Waals surface area (Å²) in [5.41, 5.74) is 2.41. The molecule has 4 nitrogen and oxygen atoms in total. The lowest BCUT2D eigenvalue weighted by atomic mass is 10.1. The first-order chi connectivity index (χ1) is 11.2. The third kappa shape index (κ3) is 3.61. The summed E-state index contributed by atoms with van der Waals surface area (Å²) in [4.78, 5) is 13.9. The van der Waals surface area contributed by atoms with Crippen LogP contribution in [0.5, 0.6) is 0 Å². The Balaban J connectivity index is 1.75. The van der Waals surface area contributed by atoms with Crippen LogP contribution < -0.4 is 0 Å². The average molecular weight is 307 g/mol. The number of carbonyl (C=O) groups excluding carboxylic acids is 1. The number of carbonyl (C=O) groups is 1. The van der Waals surface area contributed by atoms with E-state index < -0.39 is 6.09 Å². The fourth-order valence-corrected chi connectivity index (χ4v) is 2.38. The van der Waals surface area contributed by atoms with Crippen LogP contribution in [0.1, 0.15) is 11.1 Å². The number of aliphatic hydroxyl groups is 1. The lowest BCUT2D eigenvalue weighted by Crippen LogP contribution is -2.32. The number of aliphatic hydroxyl groups excluding tert-OH is 1. The average Bonchev–Trinajstić information content (AvgIpc) is 2.61. The minimum atomic E-state index is -0.437. The maximum atomic E-state index is 12.4. The smallest absolute Gasteiger partial charge is 0.414 e. The minimum absolute atomic E-state index is 0.149. The fraction of sp³-hybridized carbons (Fsp3) is 0.105. The number of nitrogens with zero attached hydrogens (tertiary/aromatic N) is 1. The quantitative estimate of drug-likeness (QED) is 0.928. The highest BCUT2D eigenvalue weighted by Crippen LogP contribution is 2.25. The summed E-state index contributed by atoms with van der Waals surface area (Å²) in [6.07, 6.45) is 2.71. The molecule has 1 aliphatic rings. The van der Waals surface area contributed by atoms with Gasteiger partial charge in [0.2, 0.25) is 0 Å². The predicted molar refractivity (Wildman–Crippen MR) is 88.5 cm³/mol. The fourth-order valence-electron chi connectivity index (χ4n) is 2.38. The van der Waals surface area contributed by atoms with E-state index in [0.29, 0.717) is 5.70 Å². The molecule has 4 heteroatoms. The van der Waals surface area contributed by atoms with Gasteiger partial charge in [-0.1, -0.05) is 60.7 Å². The number of ether oxygens (including phenoxy) is 1. The van der Waals surface area contributed by atoms with E-state index in [1.54, 1.807) is 12.2 Å². The number of rotatable bonds is 3. The van der Waals surface area contributed by atoms with Crippen molar-refractivity contribution < 1.29 is 14.6 Å². The maximum Gasteiger partial charge on any atom is 0.414 e. The summed E-state index contributed by atoms with van der Waals surface area (Å²) < 4.78 is 5.39. The van der Waals surface area contributed by atoms with Crippen molar-refractivity contribution in [2.24, 2.45) is 0 Å². The van der Waals surface area contributed by atoms with Crippen LogP contribution in [-0.2, 0) is 11.3 Å². The number of allylic oxidation sites excluding steroid dienone is 1. The molecule has 1 N–H and O–H groups in total. The van der Waals surface area contributed by atoms with Gasteiger partial charge in [0.25, 0.3) is 0 Å². The van der Waals surface area contributed by atoms with E-state index in [0.717, 1.165) is 11.1 Å². The monoisotopic (exact) mass is 307 g/mol. The van der Waals surface area contributed by atoms with Crippen LogP contribution in [0.25, 0.3) is 5.70 Å². The summed E-state index contributed by atoms with van der Waals surface area (Å²) in [7, 11) is 0. The molecule has 23 heavy (non-hydrogen) atoms. The SMILES string of the molecule is O=C(OCc1ccccc1)N1CC=C(O)C=C1c1ccccc1. The van der Waals surface area contributed by atoms with Crippen LogP contribution >= 0.6 is 0 Å². The molecular weight excluding hydrogens is 290 g/mol. The van der Waals surface area contributed by atoms with Gasteiger partial charge in [-0.2, -0.15) is 0 Å². The van der Waals surface area contributed by atoms with E-state index in [1.807, 2.05) is 60.7 Å². The molecule has 0 fully saturated rings. The van der Waals surface area contributed by atoms with E-state index in [4.69, 9.17) is 4.74 Å². The highest BCUT2D eigenvalue weighted by Gasteiger charge is 2.23. The van der Waals surface area contributed by atoms with Crippen LogP contribution in [0.15, 0.2) is 78.6 Å². The van der Waals surface area contributed by atoms with Gasteiger partial charge in [-0.25, -0.2) is 4.79 Å². The van der Waals surface area contributed by atoms with E-state index in [9.17, 15) is 9.90 Å². The number of hydrogen-bond acceptors (Lipinski definition) is 3. The number of hydrogen-bond donors (Lipinski definition) is 1. The second-order valence-electron chi connectivity index (χ2n) is 5.18. The van der Waals surface area contributed by atoms with E-state index in [2.05, 4.69) is 0 Å². The highest BCUT2D eigenvalue weighted by atomic mass is 16.6. The summed E-state index contributed by atoms with van der Waals surface area (Å²) in [5, 5.41) is 9.75. The first-order valence-electron chi connectivity index (χ1n) is 7.38. The Morgan fingerprint density at radius 2 is 1.70 bits per heavy atom. The molecule has 0 aliphatic carbocycles. The lowest BCUT2D eigenvalue weighted by Gasteiger charge is -2.26. The van der Waals surface area contributed by atoms with Crippen LogP contribution in [0.2, 0.25) is 0 Å². The Labute approximate surface area is 134 Å². The molecule has 2 aromatic carbocycles. The van der Waals surface area contributed by atoms with Gasteiger partial charge in [0.15, 0.2) is 0 Å². The molecule has 116 valence electrons. The van der Waals surface area contributed by atoms with Crippen LogP contribution in [0.3, 0.4) is 0 Å². The van der Waals surface area contributed by atoms with Gasteiger partial charge >= 0.3 is 6.09 Å². The van der Waals surface area contributed by atoms with Crippen molar-refractivity contribution in [2.75, 3.05) is 6.54 Å². The molecule has 0 spiro atoms. The zero-order chi connectivity index (χ0) is 16.1. The summed E-state index contributed by atoms with van der Waals surface area (Å²) >= 11 is 0. The Bertz CT molecular complexity index is 736.